The van der Waals surface area contributed by atoms with Crippen molar-refractivity contribution < 1.29 is 4.79 Å². The average Bonchev–Trinajstić information content (AvgIpc) is 2.93. The van der Waals surface area contributed by atoms with Gasteiger partial charge in [-0.25, -0.2) is 0 Å². The zero-order valence-corrected chi connectivity index (χ0v) is 13.8. The molecule has 2 aliphatic carbocycles. The zero-order valence-electron chi connectivity index (χ0n) is 13.8. The molecule has 24 heavy (non-hydrogen) atoms. The quantitative estimate of drug-likeness (QED) is 0.743. The Bertz CT molecular complexity index is 946. The summed E-state index contributed by atoms with van der Waals surface area (Å²) in [6.07, 6.45) is 7.48. The molecule has 2 aliphatic rings. The van der Waals surface area contributed by atoms with E-state index in [0.29, 0.717) is 0 Å². The largest absolute Gasteiger partial charge is 0.290 e. The predicted molar refractivity (Wildman–Crippen MR) is 99.5 cm³/mol. The second kappa shape index (κ2) is 5.61. The normalized spacial score (nSPS) is 16.2. The highest BCUT2D eigenvalue weighted by Crippen LogP contribution is 2.44. The lowest BCUT2D eigenvalue weighted by atomic mass is 9.90. The van der Waals surface area contributed by atoms with E-state index in [-0.39, 0.29) is 5.78 Å². The summed E-state index contributed by atoms with van der Waals surface area (Å²) in [6.45, 7) is 4.25. The Morgan fingerprint density at radius 2 is 1.46 bits per heavy atom. The maximum Gasteiger partial charge on any atom is 0.179 e. The molecule has 0 N–H and O–H groups in total. The van der Waals surface area contributed by atoms with Gasteiger partial charge in [-0.15, -0.1) is 0 Å². The van der Waals surface area contributed by atoms with E-state index in [1.165, 1.54) is 33.4 Å². The Labute approximate surface area is 142 Å². The number of aryl methyl sites for hydroxylation is 2. The van der Waals surface area contributed by atoms with Crippen molar-refractivity contribution in [2.75, 3.05) is 0 Å². The standard InChI is InChI=1S/C23H18O/c1-15-10-16(2)12-19(11-15)23-21-9-8-20(24)13-18(21)14-22(23)17-6-4-3-5-7-17/h3-14H,1-2H3. The Morgan fingerprint density at radius 3 is 2.17 bits per heavy atom. The van der Waals surface area contributed by atoms with E-state index < -0.39 is 0 Å². The first-order chi connectivity index (χ1) is 11.6. The minimum absolute atomic E-state index is 0.0547. The van der Waals surface area contributed by atoms with Crippen molar-refractivity contribution in [1.29, 1.82) is 0 Å². The molecule has 0 heterocycles. The van der Waals surface area contributed by atoms with E-state index in [1.807, 2.05) is 12.1 Å². The molecule has 0 bridgehead atoms. The van der Waals surface area contributed by atoms with Crippen LogP contribution < -0.4 is 0 Å². The number of carbonyl (C=O) groups excluding carboxylic acids is 1. The van der Waals surface area contributed by atoms with Crippen LogP contribution in [0.15, 0.2) is 84.0 Å². The van der Waals surface area contributed by atoms with Crippen LogP contribution in [0.3, 0.4) is 0 Å². The highest BCUT2D eigenvalue weighted by Gasteiger charge is 2.25. The SMILES string of the molecule is Cc1cc(C)cc(C2=C3C=CC(=O)C=C3C=C2c2ccccc2)c1. The fraction of sp³-hybridized carbons (Fsp3) is 0.0870. The van der Waals surface area contributed by atoms with Gasteiger partial charge >= 0.3 is 0 Å². The summed E-state index contributed by atoms with van der Waals surface area (Å²) < 4.78 is 0. The third-order valence-electron chi connectivity index (χ3n) is 4.46. The van der Waals surface area contributed by atoms with Crippen molar-refractivity contribution in [3.8, 4) is 0 Å². The third kappa shape index (κ3) is 2.48. The minimum Gasteiger partial charge on any atom is -0.290 e. The molecule has 0 atom stereocenters. The van der Waals surface area contributed by atoms with Gasteiger partial charge in [-0.05, 0) is 71.6 Å². The molecule has 0 aromatic heterocycles. The average molecular weight is 310 g/mol. The molecule has 0 fully saturated rings. The summed E-state index contributed by atoms with van der Waals surface area (Å²) in [5.74, 6) is 0.0547. The highest BCUT2D eigenvalue weighted by molar-refractivity contribution is 6.16. The molecule has 2 aromatic rings. The second-order valence-electron chi connectivity index (χ2n) is 6.42. The number of hydrogen-bond donors (Lipinski definition) is 0. The lowest BCUT2D eigenvalue weighted by Gasteiger charge is -2.14. The van der Waals surface area contributed by atoms with Crippen molar-refractivity contribution in [1.82, 2.24) is 0 Å². The maximum absolute atomic E-state index is 11.8. The predicted octanol–water partition coefficient (Wildman–Crippen LogP) is 5.22. The summed E-state index contributed by atoms with van der Waals surface area (Å²) in [4.78, 5) is 11.8. The van der Waals surface area contributed by atoms with E-state index >= 15 is 0 Å². The van der Waals surface area contributed by atoms with Crippen LogP contribution in [-0.2, 0) is 4.79 Å². The van der Waals surface area contributed by atoms with Crippen molar-refractivity contribution in [3.63, 3.8) is 0 Å². The number of hydrogen-bond acceptors (Lipinski definition) is 1. The summed E-state index contributed by atoms with van der Waals surface area (Å²) in [5, 5.41) is 0. The minimum atomic E-state index is 0.0547. The number of fused-ring (bicyclic) bond motifs is 1. The Morgan fingerprint density at radius 1 is 0.750 bits per heavy atom. The fourth-order valence-electron chi connectivity index (χ4n) is 3.54. The molecular weight excluding hydrogens is 292 g/mol. The van der Waals surface area contributed by atoms with Crippen molar-refractivity contribution >= 4 is 16.9 Å². The Kier molecular flexibility index (Phi) is 3.42. The van der Waals surface area contributed by atoms with Crippen molar-refractivity contribution in [2.24, 2.45) is 0 Å². The molecule has 1 nitrogen and oxygen atoms in total. The summed E-state index contributed by atoms with van der Waals surface area (Å²) in [5.41, 5.74) is 9.42. The van der Waals surface area contributed by atoms with Crippen LogP contribution >= 0.6 is 0 Å². The first-order valence-corrected chi connectivity index (χ1v) is 8.16. The van der Waals surface area contributed by atoms with Gasteiger partial charge in [0.05, 0.1) is 0 Å². The van der Waals surface area contributed by atoms with Gasteiger partial charge in [0.2, 0.25) is 0 Å². The monoisotopic (exact) mass is 310 g/mol. The molecule has 1 heteroatoms. The van der Waals surface area contributed by atoms with Crippen molar-refractivity contribution in [2.45, 2.75) is 13.8 Å². The van der Waals surface area contributed by atoms with Gasteiger partial charge in [0.1, 0.15) is 0 Å². The van der Waals surface area contributed by atoms with E-state index in [0.717, 1.165) is 11.1 Å². The number of rotatable bonds is 2. The molecule has 0 saturated carbocycles. The smallest absolute Gasteiger partial charge is 0.179 e. The molecule has 0 spiro atoms. The van der Waals surface area contributed by atoms with Crippen LogP contribution in [0.1, 0.15) is 22.3 Å². The molecule has 0 unspecified atom stereocenters. The van der Waals surface area contributed by atoms with Crippen LogP contribution in [0.4, 0.5) is 0 Å². The van der Waals surface area contributed by atoms with E-state index in [9.17, 15) is 4.79 Å². The third-order valence-corrected chi connectivity index (χ3v) is 4.46. The van der Waals surface area contributed by atoms with Crippen LogP contribution in [-0.4, -0.2) is 5.78 Å². The molecule has 116 valence electrons. The van der Waals surface area contributed by atoms with Crippen LogP contribution in [0.5, 0.6) is 0 Å². The van der Waals surface area contributed by atoms with E-state index in [4.69, 9.17) is 0 Å². The van der Waals surface area contributed by atoms with E-state index in [2.05, 4.69) is 62.4 Å². The molecule has 4 rings (SSSR count). The van der Waals surface area contributed by atoms with Gasteiger partial charge in [0.15, 0.2) is 5.78 Å². The molecule has 0 amide bonds. The van der Waals surface area contributed by atoms with Crippen molar-refractivity contribution in [3.05, 3.63) is 106 Å². The summed E-state index contributed by atoms with van der Waals surface area (Å²) in [7, 11) is 0. The van der Waals surface area contributed by atoms with E-state index in [1.54, 1.807) is 12.2 Å². The fourth-order valence-corrected chi connectivity index (χ4v) is 3.54. The van der Waals surface area contributed by atoms with Crippen LogP contribution in [0, 0.1) is 13.8 Å². The molecule has 0 saturated heterocycles. The van der Waals surface area contributed by atoms with Gasteiger partial charge in [-0.3, -0.25) is 4.79 Å². The lowest BCUT2D eigenvalue weighted by molar-refractivity contribution is -0.110. The van der Waals surface area contributed by atoms with Gasteiger partial charge in [0, 0.05) is 0 Å². The lowest BCUT2D eigenvalue weighted by Crippen LogP contribution is -1.97. The summed E-state index contributed by atoms with van der Waals surface area (Å²) >= 11 is 0. The molecule has 0 radical (unpaired) electrons. The zero-order chi connectivity index (χ0) is 16.7. The molecule has 2 aromatic carbocycles. The first kappa shape index (κ1) is 14.6. The van der Waals surface area contributed by atoms with Gasteiger partial charge in [-0.2, -0.15) is 0 Å². The van der Waals surface area contributed by atoms with Gasteiger partial charge in [0.25, 0.3) is 0 Å². The van der Waals surface area contributed by atoms with Crippen LogP contribution in [0.2, 0.25) is 0 Å². The number of benzene rings is 2. The maximum atomic E-state index is 11.8. The second-order valence-corrected chi connectivity index (χ2v) is 6.42. The Hall–Kier alpha value is -2.93. The van der Waals surface area contributed by atoms with Gasteiger partial charge in [-0.1, -0.05) is 59.7 Å². The first-order valence-electron chi connectivity index (χ1n) is 8.16. The number of carbonyl (C=O) groups is 1. The van der Waals surface area contributed by atoms with Crippen LogP contribution in [0.25, 0.3) is 11.1 Å². The molecule has 0 aliphatic heterocycles. The number of allylic oxidation sites excluding steroid dienone is 8. The summed E-state index contributed by atoms with van der Waals surface area (Å²) in [6, 6.07) is 17.0. The Balaban J connectivity index is 1.98. The molecular formula is C23H18O. The highest BCUT2D eigenvalue weighted by atomic mass is 16.1. The van der Waals surface area contributed by atoms with Gasteiger partial charge < -0.3 is 0 Å². The topological polar surface area (TPSA) is 17.1 Å². The number of ketones is 1.